The second-order valence-electron chi connectivity index (χ2n) is 8.85. The van der Waals surface area contributed by atoms with Gasteiger partial charge in [-0.15, -0.1) is 10.2 Å². The summed E-state index contributed by atoms with van der Waals surface area (Å²) in [5.41, 5.74) is 1.52. The Labute approximate surface area is 209 Å². The Morgan fingerprint density at radius 1 is 1.03 bits per heavy atom. The molecular formula is C26H20FN7O3. The van der Waals surface area contributed by atoms with Crippen molar-refractivity contribution >= 4 is 22.7 Å². The number of fused-ring (bicyclic) bond motifs is 1. The molecule has 10 nitrogen and oxygen atoms in total. The largest absolute Gasteiger partial charge is 0.494 e. The Morgan fingerprint density at radius 3 is 2.46 bits per heavy atom. The first kappa shape index (κ1) is 22.4. The summed E-state index contributed by atoms with van der Waals surface area (Å²) < 4.78 is 15.2. The van der Waals surface area contributed by atoms with Crippen LogP contribution in [0.5, 0.6) is 5.88 Å². The molecule has 0 bridgehead atoms. The molecule has 1 saturated heterocycles. The summed E-state index contributed by atoms with van der Waals surface area (Å²) in [7, 11) is 1.69. The smallest absolute Gasteiger partial charge is 0.322 e. The average molecular weight is 497 g/mol. The quantitative estimate of drug-likeness (QED) is 0.320. The topological polar surface area (TPSA) is 127 Å². The van der Waals surface area contributed by atoms with Crippen LogP contribution in [0, 0.1) is 5.82 Å². The van der Waals surface area contributed by atoms with Gasteiger partial charge in [-0.3, -0.25) is 10.1 Å². The maximum atomic E-state index is 13.7. The number of aromatic hydroxyl groups is 1. The van der Waals surface area contributed by atoms with Crippen LogP contribution in [0.15, 0.2) is 72.9 Å². The summed E-state index contributed by atoms with van der Waals surface area (Å²) in [6.07, 6.45) is 1.61. The second-order valence-corrected chi connectivity index (χ2v) is 8.85. The molecule has 37 heavy (non-hydrogen) atoms. The van der Waals surface area contributed by atoms with Crippen LogP contribution in [0.3, 0.4) is 0 Å². The number of hydrogen-bond acceptors (Lipinski definition) is 6. The number of aromatic nitrogens is 5. The minimum absolute atomic E-state index is 0.105. The molecule has 3 amide bonds. The number of benzene rings is 3. The van der Waals surface area contributed by atoms with Gasteiger partial charge in [0.2, 0.25) is 5.82 Å². The highest BCUT2D eigenvalue weighted by atomic mass is 19.1. The van der Waals surface area contributed by atoms with E-state index in [4.69, 9.17) is 0 Å². The number of tetrazole rings is 1. The van der Waals surface area contributed by atoms with Gasteiger partial charge >= 0.3 is 6.03 Å². The maximum Gasteiger partial charge on any atom is 0.322 e. The molecule has 1 atom stereocenters. The highest BCUT2D eigenvalue weighted by Gasteiger charge is 2.48. The van der Waals surface area contributed by atoms with Crippen LogP contribution in [-0.4, -0.2) is 41.8 Å². The third-order valence-corrected chi connectivity index (χ3v) is 6.54. The third kappa shape index (κ3) is 3.68. The molecule has 1 fully saturated rings. The van der Waals surface area contributed by atoms with Crippen molar-refractivity contribution in [2.24, 2.45) is 7.05 Å². The van der Waals surface area contributed by atoms with E-state index >= 15 is 0 Å². The highest BCUT2D eigenvalue weighted by Crippen LogP contribution is 2.35. The van der Waals surface area contributed by atoms with E-state index in [1.807, 2.05) is 36.4 Å². The molecule has 0 radical (unpaired) electrons. The number of carbonyl (C=O) groups excluding carboxylic acids is 2. The van der Waals surface area contributed by atoms with E-state index in [1.165, 1.54) is 21.5 Å². The van der Waals surface area contributed by atoms with Gasteiger partial charge in [-0.05, 0) is 40.1 Å². The molecule has 6 rings (SSSR count). The van der Waals surface area contributed by atoms with Crippen molar-refractivity contribution < 1.29 is 19.1 Å². The van der Waals surface area contributed by atoms with Crippen molar-refractivity contribution in [3.63, 3.8) is 0 Å². The van der Waals surface area contributed by atoms with Crippen LogP contribution in [0.1, 0.15) is 5.56 Å². The molecule has 0 aliphatic carbocycles. The molecule has 0 spiro atoms. The number of hydrogen-bond donors (Lipinski definition) is 3. The number of rotatable bonds is 5. The van der Waals surface area contributed by atoms with Crippen LogP contribution in [0.2, 0.25) is 0 Å². The lowest BCUT2D eigenvalue weighted by Gasteiger charge is -2.27. The van der Waals surface area contributed by atoms with Gasteiger partial charge in [0.25, 0.3) is 5.91 Å². The standard InChI is InChI=1S/C26H20FN7O3/c1-33-31-22(30-32-33)20-5-3-2-4-19(20)15-6-9-17(10-7-15)26(24(36)28-25(37)29-26)14-34-13-16-8-11-18(27)12-21(16)23(34)35/h2-13,35H,14H2,1H3,(H2,28,29,36,37). The van der Waals surface area contributed by atoms with Crippen molar-refractivity contribution in [3.05, 3.63) is 84.3 Å². The Kier molecular flexibility index (Phi) is 5.00. The van der Waals surface area contributed by atoms with Gasteiger partial charge in [0, 0.05) is 22.5 Å². The molecule has 184 valence electrons. The summed E-state index contributed by atoms with van der Waals surface area (Å²) in [6, 6.07) is 18.2. The zero-order valence-corrected chi connectivity index (χ0v) is 19.5. The van der Waals surface area contributed by atoms with Crippen molar-refractivity contribution in [2.45, 2.75) is 12.1 Å². The molecule has 3 N–H and O–H groups in total. The fourth-order valence-electron chi connectivity index (χ4n) is 4.75. The lowest BCUT2D eigenvalue weighted by Crippen LogP contribution is -2.47. The first-order valence-electron chi connectivity index (χ1n) is 11.4. The first-order chi connectivity index (χ1) is 17.8. The van der Waals surface area contributed by atoms with Gasteiger partial charge < -0.3 is 15.0 Å². The maximum absolute atomic E-state index is 13.7. The molecular weight excluding hydrogens is 477 g/mol. The van der Waals surface area contributed by atoms with Crippen molar-refractivity contribution in [2.75, 3.05) is 0 Å². The third-order valence-electron chi connectivity index (χ3n) is 6.54. The summed E-state index contributed by atoms with van der Waals surface area (Å²) in [6.45, 7) is -0.105. The summed E-state index contributed by atoms with van der Waals surface area (Å²) in [5.74, 6) is -0.773. The molecule has 2 aromatic heterocycles. The normalized spacial score (nSPS) is 17.2. The Balaban J connectivity index is 1.41. The lowest BCUT2D eigenvalue weighted by atomic mass is 9.88. The van der Waals surface area contributed by atoms with Crippen molar-refractivity contribution in [3.8, 4) is 28.4 Å². The number of aryl methyl sites for hydroxylation is 1. The summed E-state index contributed by atoms with van der Waals surface area (Å²) >= 11 is 0. The fraction of sp³-hybridized carbons (Fsp3) is 0.115. The molecule has 3 aromatic carbocycles. The zero-order chi connectivity index (χ0) is 25.7. The molecule has 3 heterocycles. The van der Waals surface area contributed by atoms with Crippen molar-refractivity contribution in [1.82, 2.24) is 35.4 Å². The van der Waals surface area contributed by atoms with Crippen LogP contribution >= 0.6 is 0 Å². The van der Waals surface area contributed by atoms with Gasteiger partial charge in [-0.25, -0.2) is 9.18 Å². The number of amides is 3. The lowest BCUT2D eigenvalue weighted by molar-refractivity contribution is -0.124. The van der Waals surface area contributed by atoms with Gasteiger partial charge in [0.15, 0.2) is 11.4 Å². The van der Waals surface area contributed by atoms with E-state index in [9.17, 15) is 19.1 Å². The molecule has 1 aliphatic heterocycles. The number of urea groups is 1. The average Bonchev–Trinajstić information content (AvgIpc) is 3.55. The highest BCUT2D eigenvalue weighted by molar-refractivity contribution is 6.07. The van der Waals surface area contributed by atoms with Crippen molar-refractivity contribution in [1.29, 1.82) is 0 Å². The summed E-state index contributed by atoms with van der Waals surface area (Å²) in [4.78, 5) is 26.7. The van der Waals surface area contributed by atoms with Gasteiger partial charge in [-0.1, -0.05) is 48.5 Å². The van der Waals surface area contributed by atoms with E-state index in [2.05, 4.69) is 26.0 Å². The van der Waals surface area contributed by atoms with E-state index in [0.717, 1.165) is 16.7 Å². The minimum Gasteiger partial charge on any atom is -0.494 e. The summed E-state index contributed by atoms with van der Waals surface area (Å²) in [5, 5.41) is 29.0. The predicted molar refractivity (Wildman–Crippen MR) is 132 cm³/mol. The van der Waals surface area contributed by atoms with Gasteiger partial charge in [-0.2, -0.15) is 4.80 Å². The molecule has 1 unspecified atom stereocenters. The number of halogens is 1. The Hall–Kier alpha value is -5.06. The molecule has 5 aromatic rings. The fourth-order valence-corrected chi connectivity index (χ4v) is 4.75. The van der Waals surface area contributed by atoms with E-state index < -0.39 is 23.3 Å². The monoisotopic (exact) mass is 497 g/mol. The molecule has 0 saturated carbocycles. The molecule has 11 heteroatoms. The number of nitrogens with zero attached hydrogens (tertiary/aromatic N) is 5. The number of carbonyl (C=O) groups is 2. The van der Waals surface area contributed by atoms with Gasteiger partial charge in [0.05, 0.1) is 13.6 Å². The van der Waals surface area contributed by atoms with E-state index in [-0.39, 0.29) is 12.4 Å². The first-order valence-corrected chi connectivity index (χ1v) is 11.4. The SMILES string of the molecule is Cn1nnc(-c2ccccc2-c2ccc(C3(Cn4cc5ccc(F)cc5c4O)NC(=O)NC3=O)cc2)n1. The Bertz CT molecular complexity index is 1690. The van der Waals surface area contributed by atoms with E-state index in [1.54, 1.807) is 31.4 Å². The van der Waals surface area contributed by atoms with E-state index in [0.29, 0.717) is 22.2 Å². The molecule has 1 aliphatic rings. The second kappa shape index (κ2) is 8.26. The Morgan fingerprint density at radius 2 is 1.78 bits per heavy atom. The van der Waals surface area contributed by atoms with Crippen LogP contribution in [-0.2, 0) is 23.9 Å². The zero-order valence-electron chi connectivity index (χ0n) is 19.5. The van der Waals surface area contributed by atoms with Crippen LogP contribution in [0.25, 0.3) is 33.3 Å². The number of nitrogens with one attached hydrogen (secondary N) is 2. The minimum atomic E-state index is -1.49. The van der Waals surface area contributed by atoms with Gasteiger partial charge in [0.1, 0.15) is 5.82 Å². The van der Waals surface area contributed by atoms with Crippen LogP contribution < -0.4 is 10.6 Å². The van der Waals surface area contributed by atoms with Crippen LogP contribution in [0.4, 0.5) is 9.18 Å². The number of imide groups is 1. The predicted octanol–water partition coefficient (Wildman–Crippen LogP) is 3.08.